The number of rotatable bonds is 7. The van der Waals surface area contributed by atoms with Crippen molar-refractivity contribution in [2.45, 2.75) is 30.0 Å². The highest BCUT2D eigenvalue weighted by Gasteiger charge is 2.40. The standard InChI is InChI=1S/C18H14F6N2O7S/c1-16(28,9-34(31,32)12-4-2-3-11(8-12)33-18(22,23)24)15(27)25-14-6-5-10(26(29)30)7-13(14)17(19,20)21/h2-8,28H,9H2,1H3,(H,25,27). The number of nitrogens with zero attached hydrogens (tertiary/aromatic N) is 1. The van der Waals surface area contributed by atoms with Crippen LogP contribution in [0.5, 0.6) is 5.75 Å². The predicted octanol–water partition coefficient (Wildman–Crippen LogP) is 3.68. The molecule has 16 heteroatoms. The first-order chi connectivity index (χ1) is 15.3. The number of nitro groups is 1. The summed E-state index contributed by atoms with van der Waals surface area (Å²) in [5.41, 5.74) is -6.45. The van der Waals surface area contributed by atoms with Gasteiger partial charge in [0.2, 0.25) is 0 Å². The number of ether oxygens (including phenoxy) is 1. The Bertz CT molecular complexity index is 1210. The summed E-state index contributed by atoms with van der Waals surface area (Å²) in [6.07, 6.45) is -10.3. The molecule has 34 heavy (non-hydrogen) atoms. The fourth-order valence-corrected chi connectivity index (χ4v) is 4.25. The van der Waals surface area contributed by atoms with Crippen molar-refractivity contribution in [3.8, 4) is 5.75 Å². The summed E-state index contributed by atoms with van der Waals surface area (Å²) in [5.74, 6) is -3.97. The highest BCUT2D eigenvalue weighted by Crippen LogP contribution is 2.37. The molecule has 2 rings (SSSR count). The molecule has 0 fully saturated rings. The van der Waals surface area contributed by atoms with Gasteiger partial charge in [-0.15, -0.1) is 13.2 Å². The number of sulfone groups is 1. The van der Waals surface area contributed by atoms with E-state index < -0.39 is 72.1 Å². The molecule has 1 amide bonds. The Hall–Kier alpha value is -3.40. The molecule has 0 bridgehead atoms. The lowest BCUT2D eigenvalue weighted by Crippen LogP contribution is -2.46. The van der Waals surface area contributed by atoms with E-state index in [9.17, 15) is 54.8 Å². The van der Waals surface area contributed by atoms with Gasteiger partial charge in [-0.3, -0.25) is 14.9 Å². The van der Waals surface area contributed by atoms with Gasteiger partial charge in [-0.05, 0) is 31.2 Å². The summed E-state index contributed by atoms with van der Waals surface area (Å²) in [5, 5.41) is 22.7. The summed E-state index contributed by atoms with van der Waals surface area (Å²) in [7, 11) is -4.66. The number of halogens is 6. The molecule has 0 heterocycles. The molecule has 0 saturated heterocycles. The van der Waals surface area contributed by atoms with Crippen LogP contribution in [0.2, 0.25) is 0 Å². The fraction of sp³-hybridized carbons (Fsp3) is 0.278. The molecule has 0 aromatic heterocycles. The van der Waals surface area contributed by atoms with Crippen molar-refractivity contribution in [3.63, 3.8) is 0 Å². The number of carbonyl (C=O) groups is 1. The minimum absolute atomic E-state index is 0.132. The van der Waals surface area contributed by atoms with Crippen molar-refractivity contribution in [3.05, 3.63) is 58.1 Å². The van der Waals surface area contributed by atoms with E-state index in [1.54, 1.807) is 5.32 Å². The van der Waals surface area contributed by atoms with Gasteiger partial charge in [0.1, 0.15) is 5.75 Å². The quantitative estimate of drug-likeness (QED) is 0.326. The second-order valence-electron chi connectivity index (χ2n) is 6.99. The third kappa shape index (κ3) is 6.80. The molecule has 9 nitrogen and oxygen atoms in total. The summed E-state index contributed by atoms with van der Waals surface area (Å²) >= 11 is 0. The molecule has 0 aliphatic heterocycles. The van der Waals surface area contributed by atoms with Gasteiger partial charge < -0.3 is 15.2 Å². The number of benzene rings is 2. The van der Waals surface area contributed by atoms with Crippen molar-refractivity contribution < 1.29 is 54.3 Å². The van der Waals surface area contributed by atoms with Crippen molar-refractivity contribution in [2.75, 3.05) is 11.1 Å². The highest BCUT2D eigenvalue weighted by atomic mass is 32.2. The van der Waals surface area contributed by atoms with Crippen molar-refractivity contribution in [1.29, 1.82) is 0 Å². The van der Waals surface area contributed by atoms with E-state index in [2.05, 4.69) is 4.74 Å². The first kappa shape index (κ1) is 26.8. The first-order valence-electron chi connectivity index (χ1n) is 8.80. The van der Waals surface area contributed by atoms with Gasteiger partial charge in [-0.1, -0.05) is 6.07 Å². The second kappa shape index (κ2) is 9.09. The Balaban J connectivity index is 2.31. The molecule has 2 N–H and O–H groups in total. The lowest BCUT2D eigenvalue weighted by molar-refractivity contribution is -0.385. The van der Waals surface area contributed by atoms with Crippen LogP contribution in [-0.2, 0) is 20.8 Å². The van der Waals surface area contributed by atoms with Crippen LogP contribution in [0.1, 0.15) is 12.5 Å². The van der Waals surface area contributed by atoms with E-state index >= 15 is 0 Å². The average Bonchev–Trinajstić information content (AvgIpc) is 2.65. The molecule has 0 aliphatic carbocycles. The van der Waals surface area contributed by atoms with Crippen molar-refractivity contribution in [1.82, 2.24) is 0 Å². The van der Waals surface area contributed by atoms with E-state index in [0.29, 0.717) is 25.1 Å². The Kier molecular flexibility index (Phi) is 7.18. The van der Waals surface area contributed by atoms with E-state index in [0.717, 1.165) is 18.2 Å². The number of non-ortho nitro benzene ring substituents is 1. The zero-order valence-corrected chi connectivity index (χ0v) is 17.6. The Morgan fingerprint density at radius 1 is 1.12 bits per heavy atom. The number of carbonyl (C=O) groups excluding carboxylic acids is 1. The summed E-state index contributed by atoms with van der Waals surface area (Å²) in [6, 6.07) is 4.34. The largest absolute Gasteiger partial charge is 0.573 e. The molecule has 1 atom stereocenters. The molecule has 1 unspecified atom stereocenters. The van der Waals surface area contributed by atoms with E-state index in [4.69, 9.17) is 0 Å². The SMILES string of the molecule is CC(O)(CS(=O)(=O)c1cccc(OC(F)(F)F)c1)C(=O)Nc1ccc([N+](=O)[O-])cc1C(F)(F)F. The number of amides is 1. The molecule has 0 radical (unpaired) electrons. The maximum atomic E-state index is 13.3. The Morgan fingerprint density at radius 3 is 2.26 bits per heavy atom. The van der Waals surface area contributed by atoms with Crippen LogP contribution >= 0.6 is 0 Å². The normalized spacial score (nSPS) is 14.2. The topological polar surface area (TPSA) is 136 Å². The Labute approximate surface area is 187 Å². The van der Waals surface area contributed by atoms with Crippen molar-refractivity contribution >= 4 is 27.1 Å². The summed E-state index contributed by atoms with van der Waals surface area (Å²) in [6.45, 7) is 0.647. The van der Waals surface area contributed by atoms with Gasteiger partial charge in [-0.2, -0.15) is 13.2 Å². The van der Waals surface area contributed by atoms with Crippen LogP contribution in [-0.4, -0.2) is 42.1 Å². The lowest BCUT2D eigenvalue weighted by atomic mass is 10.1. The second-order valence-corrected chi connectivity index (χ2v) is 8.98. The molecule has 2 aromatic rings. The minimum atomic E-state index is -5.16. The van der Waals surface area contributed by atoms with Gasteiger partial charge in [0, 0.05) is 12.1 Å². The molecular weight excluding hydrogens is 502 g/mol. The van der Waals surface area contributed by atoms with Crippen LogP contribution in [0.15, 0.2) is 47.4 Å². The summed E-state index contributed by atoms with van der Waals surface area (Å²) < 4.78 is 106. The fourth-order valence-electron chi connectivity index (χ4n) is 2.63. The maximum Gasteiger partial charge on any atom is 0.573 e. The van der Waals surface area contributed by atoms with Gasteiger partial charge in [0.05, 0.1) is 26.8 Å². The number of nitro benzene ring substituents is 1. The summed E-state index contributed by atoms with van der Waals surface area (Å²) in [4.78, 5) is 21.3. The number of hydrogen-bond acceptors (Lipinski definition) is 7. The van der Waals surface area contributed by atoms with E-state index in [1.807, 2.05) is 0 Å². The minimum Gasteiger partial charge on any atom is -0.406 e. The zero-order valence-electron chi connectivity index (χ0n) is 16.8. The number of hydrogen-bond donors (Lipinski definition) is 2. The van der Waals surface area contributed by atoms with Crippen molar-refractivity contribution in [2.24, 2.45) is 0 Å². The van der Waals surface area contributed by atoms with Gasteiger partial charge in [0.15, 0.2) is 15.4 Å². The Morgan fingerprint density at radius 2 is 1.74 bits per heavy atom. The van der Waals surface area contributed by atoms with Gasteiger partial charge in [-0.25, -0.2) is 8.42 Å². The smallest absolute Gasteiger partial charge is 0.406 e. The molecule has 0 aliphatic rings. The molecule has 2 aromatic carbocycles. The molecule has 186 valence electrons. The first-order valence-corrected chi connectivity index (χ1v) is 10.4. The van der Waals surface area contributed by atoms with Crippen LogP contribution in [0.4, 0.5) is 37.7 Å². The van der Waals surface area contributed by atoms with Gasteiger partial charge >= 0.3 is 12.5 Å². The van der Waals surface area contributed by atoms with Crippen LogP contribution in [0, 0.1) is 10.1 Å². The number of aliphatic hydroxyl groups is 1. The number of nitrogens with one attached hydrogen (secondary N) is 1. The molecule has 0 spiro atoms. The van der Waals surface area contributed by atoms with Crippen LogP contribution < -0.4 is 10.1 Å². The van der Waals surface area contributed by atoms with E-state index in [-0.39, 0.29) is 6.07 Å². The predicted molar refractivity (Wildman–Crippen MR) is 103 cm³/mol. The third-order valence-corrected chi connectivity index (χ3v) is 6.04. The monoisotopic (exact) mass is 516 g/mol. The third-order valence-electron chi connectivity index (χ3n) is 4.13. The van der Waals surface area contributed by atoms with Gasteiger partial charge in [0.25, 0.3) is 11.6 Å². The molecule has 0 saturated carbocycles. The number of anilines is 1. The zero-order chi connectivity index (χ0) is 26.1. The average molecular weight is 516 g/mol. The number of alkyl halides is 6. The highest BCUT2D eigenvalue weighted by molar-refractivity contribution is 7.91. The lowest BCUT2D eigenvalue weighted by Gasteiger charge is -2.23. The molecular formula is C18H14F6N2O7S. The van der Waals surface area contributed by atoms with E-state index in [1.165, 1.54) is 0 Å². The van der Waals surface area contributed by atoms with Crippen LogP contribution in [0.3, 0.4) is 0 Å². The van der Waals surface area contributed by atoms with Crippen LogP contribution in [0.25, 0.3) is 0 Å². The maximum absolute atomic E-state index is 13.3.